The molecule has 2 nitrogen and oxygen atoms in total. The highest BCUT2D eigenvalue weighted by Gasteiger charge is 2.17. The summed E-state index contributed by atoms with van der Waals surface area (Å²) >= 11 is 6.58. The number of hydrogen-bond acceptors (Lipinski definition) is 3. The molecule has 0 spiro atoms. The van der Waals surface area contributed by atoms with Gasteiger partial charge < -0.3 is 10.2 Å². The highest BCUT2D eigenvalue weighted by molar-refractivity contribution is 7.99. The highest BCUT2D eigenvalue weighted by atomic mass is 32.2. The van der Waals surface area contributed by atoms with Crippen LogP contribution in [-0.4, -0.2) is 18.0 Å². The lowest BCUT2D eigenvalue weighted by Gasteiger charge is -2.17. The third-order valence-electron chi connectivity index (χ3n) is 1.95. The molecule has 4 heteroatoms. The zero-order valence-electron chi connectivity index (χ0n) is 7.06. The van der Waals surface area contributed by atoms with Crippen molar-refractivity contribution in [2.24, 2.45) is 0 Å². The van der Waals surface area contributed by atoms with Gasteiger partial charge in [-0.05, 0) is 12.1 Å². The first-order chi connectivity index (χ1) is 6.42. The summed E-state index contributed by atoms with van der Waals surface area (Å²) in [6.45, 7) is 0.799. The maximum atomic E-state index is 4.72. The highest BCUT2D eigenvalue weighted by Crippen LogP contribution is 2.37. The predicted molar refractivity (Wildman–Crippen MR) is 61.3 cm³/mol. The molecule has 0 aromatic heterocycles. The van der Waals surface area contributed by atoms with Gasteiger partial charge in [0.1, 0.15) is 0 Å². The van der Waals surface area contributed by atoms with Crippen molar-refractivity contribution in [1.82, 2.24) is 5.32 Å². The number of hydrogen-bond donors (Lipinski definition) is 1. The molecule has 13 heavy (non-hydrogen) atoms. The number of fused-ring (bicyclic) bond motifs is 1. The fourth-order valence-corrected chi connectivity index (χ4v) is 2.46. The largest absolute Gasteiger partial charge is 0.365 e. The Labute approximate surface area is 87.3 Å². The van der Waals surface area contributed by atoms with Crippen molar-refractivity contribution >= 4 is 35.2 Å². The number of rotatable bonds is 3. The van der Waals surface area contributed by atoms with Crippen molar-refractivity contribution in [3.63, 3.8) is 0 Å². The van der Waals surface area contributed by atoms with Crippen LogP contribution in [-0.2, 0) is 0 Å². The quantitative estimate of drug-likeness (QED) is 0.768. The van der Waals surface area contributed by atoms with Gasteiger partial charge in [0.05, 0.1) is 23.7 Å². The third-order valence-corrected chi connectivity index (χ3v) is 3.21. The zero-order chi connectivity index (χ0) is 9.10. The minimum Gasteiger partial charge on any atom is -0.365 e. The number of benzene rings is 1. The van der Waals surface area contributed by atoms with Gasteiger partial charge in [-0.15, -0.1) is 11.8 Å². The lowest BCUT2D eigenvalue weighted by molar-refractivity contribution is 0.849. The van der Waals surface area contributed by atoms with Crippen LogP contribution >= 0.6 is 24.0 Å². The Morgan fingerprint density at radius 3 is 3.23 bits per heavy atom. The van der Waals surface area contributed by atoms with E-state index in [-0.39, 0.29) is 0 Å². The first-order valence-corrected chi connectivity index (χ1v) is 5.51. The van der Waals surface area contributed by atoms with E-state index in [1.165, 1.54) is 10.6 Å². The molecule has 1 aromatic carbocycles. The Morgan fingerprint density at radius 1 is 1.54 bits per heavy atom. The molecule has 1 aliphatic heterocycles. The van der Waals surface area contributed by atoms with Crippen LogP contribution in [0.4, 0.5) is 5.69 Å². The molecule has 0 aliphatic carbocycles. The molecule has 0 bridgehead atoms. The van der Waals surface area contributed by atoms with Crippen LogP contribution in [0.1, 0.15) is 0 Å². The summed E-state index contributed by atoms with van der Waals surface area (Å²) in [6, 6.07) is 8.43. The van der Waals surface area contributed by atoms with Gasteiger partial charge in [-0.1, -0.05) is 24.4 Å². The molecule has 1 aromatic rings. The first kappa shape index (κ1) is 8.84. The molecule has 1 N–H and O–H groups in total. The second-order valence-corrected chi connectivity index (χ2v) is 3.98. The van der Waals surface area contributed by atoms with Gasteiger partial charge in [0.15, 0.2) is 0 Å². The molecule has 2 rings (SSSR count). The topological polar surface area (TPSA) is 15.3 Å². The molecule has 0 atom stereocenters. The predicted octanol–water partition coefficient (Wildman–Crippen LogP) is 2.06. The summed E-state index contributed by atoms with van der Waals surface area (Å²) in [4.78, 5) is 3.62. The number of thioether (sulfide) groups is 1. The second kappa shape index (κ2) is 3.98. The summed E-state index contributed by atoms with van der Waals surface area (Å²) in [5.74, 6) is 1.01. The number of para-hydroxylation sites is 1. The van der Waals surface area contributed by atoms with Crippen LogP contribution in [0.5, 0.6) is 0 Å². The zero-order valence-corrected chi connectivity index (χ0v) is 8.70. The lowest BCUT2D eigenvalue weighted by atomic mass is 10.3. The summed E-state index contributed by atoms with van der Waals surface area (Å²) < 4.78 is 0. The van der Waals surface area contributed by atoms with E-state index < -0.39 is 0 Å². The second-order valence-electron chi connectivity index (χ2n) is 2.76. The first-order valence-electron chi connectivity index (χ1n) is 4.05. The number of nitrogens with one attached hydrogen (secondary N) is 1. The van der Waals surface area contributed by atoms with E-state index in [4.69, 9.17) is 12.2 Å². The monoisotopic (exact) mass is 210 g/mol. The average molecular weight is 210 g/mol. The summed E-state index contributed by atoms with van der Waals surface area (Å²) in [7, 11) is 0. The molecular weight excluding hydrogens is 200 g/mol. The Kier molecular flexibility index (Phi) is 2.71. The molecule has 1 heterocycles. The Balaban J connectivity index is 2.13. The fourth-order valence-electron chi connectivity index (χ4n) is 1.34. The van der Waals surface area contributed by atoms with Crippen LogP contribution in [0.2, 0.25) is 0 Å². The van der Waals surface area contributed by atoms with E-state index in [0.29, 0.717) is 0 Å². The summed E-state index contributed by atoms with van der Waals surface area (Å²) in [6.07, 6.45) is 0. The Hall–Kier alpha value is -0.740. The standard InChI is InChI=1S/C9H10N2S2/c12-6-10-5-11-7-13-9-4-2-1-3-8(9)11/h1-4,6H,5,7H2,(H,10,12). The van der Waals surface area contributed by atoms with Gasteiger partial charge >= 0.3 is 0 Å². The molecule has 0 unspecified atom stereocenters. The van der Waals surface area contributed by atoms with Crippen molar-refractivity contribution in [2.75, 3.05) is 17.4 Å². The van der Waals surface area contributed by atoms with Gasteiger partial charge in [0.25, 0.3) is 0 Å². The van der Waals surface area contributed by atoms with Crippen molar-refractivity contribution < 1.29 is 0 Å². The maximum absolute atomic E-state index is 4.72. The number of thiocarbonyl (C=S) groups is 1. The van der Waals surface area contributed by atoms with Gasteiger partial charge in [-0.2, -0.15) is 0 Å². The molecule has 0 saturated heterocycles. The van der Waals surface area contributed by atoms with E-state index in [9.17, 15) is 0 Å². The van der Waals surface area contributed by atoms with E-state index >= 15 is 0 Å². The lowest BCUT2D eigenvalue weighted by Crippen LogP contribution is -2.30. The van der Waals surface area contributed by atoms with Crippen molar-refractivity contribution in [2.45, 2.75) is 4.90 Å². The van der Waals surface area contributed by atoms with Crippen LogP contribution in [0, 0.1) is 0 Å². The van der Waals surface area contributed by atoms with Crippen LogP contribution in [0.3, 0.4) is 0 Å². The Morgan fingerprint density at radius 2 is 2.38 bits per heavy atom. The summed E-state index contributed by atoms with van der Waals surface area (Å²) in [5.41, 5.74) is 2.86. The average Bonchev–Trinajstić information content (AvgIpc) is 2.58. The van der Waals surface area contributed by atoms with E-state index in [0.717, 1.165) is 12.5 Å². The molecule has 68 valence electrons. The Bertz CT molecular complexity index is 314. The van der Waals surface area contributed by atoms with E-state index in [1.54, 1.807) is 5.49 Å². The SMILES string of the molecule is S=CNCN1CSc2ccccc21. The van der Waals surface area contributed by atoms with Gasteiger partial charge in [0, 0.05) is 4.90 Å². The molecule has 1 aliphatic rings. The van der Waals surface area contributed by atoms with E-state index in [2.05, 4.69) is 34.5 Å². The molecular formula is C9H10N2S2. The molecule has 0 saturated carbocycles. The fraction of sp³-hybridized carbons (Fsp3) is 0.222. The normalized spacial score (nSPS) is 14.0. The smallest absolute Gasteiger partial charge is 0.0887 e. The number of nitrogens with zero attached hydrogens (tertiary/aromatic N) is 1. The minimum absolute atomic E-state index is 0.799. The van der Waals surface area contributed by atoms with Crippen molar-refractivity contribution in [3.05, 3.63) is 24.3 Å². The molecule has 0 fully saturated rings. The van der Waals surface area contributed by atoms with Crippen molar-refractivity contribution in [3.8, 4) is 0 Å². The van der Waals surface area contributed by atoms with Crippen LogP contribution in [0.15, 0.2) is 29.2 Å². The minimum atomic E-state index is 0.799. The van der Waals surface area contributed by atoms with E-state index in [1.807, 2.05) is 11.8 Å². The van der Waals surface area contributed by atoms with Gasteiger partial charge in [-0.3, -0.25) is 0 Å². The number of anilines is 1. The third kappa shape index (κ3) is 1.78. The molecule has 0 radical (unpaired) electrons. The van der Waals surface area contributed by atoms with Crippen LogP contribution in [0.25, 0.3) is 0 Å². The summed E-state index contributed by atoms with van der Waals surface area (Å²) in [5, 5.41) is 3.03. The van der Waals surface area contributed by atoms with Crippen LogP contribution < -0.4 is 10.2 Å². The van der Waals surface area contributed by atoms with Gasteiger partial charge in [0.2, 0.25) is 0 Å². The van der Waals surface area contributed by atoms with Crippen molar-refractivity contribution in [1.29, 1.82) is 0 Å². The molecule has 0 amide bonds. The van der Waals surface area contributed by atoms with Gasteiger partial charge in [-0.25, -0.2) is 0 Å². The maximum Gasteiger partial charge on any atom is 0.0887 e.